The Balaban J connectivity index is 1.48. The Hall–Kier alpha value is -2.51. The van der Waals surface area contributed by atoms with Crippen LogP contribution in [0.4, 0.5) is 0 Å². The number of hydrogen-bond acceptors (Lipinski definition) is 18. The topological polar surface area (TPSA) is 307 Å². The summed E-state index contributed by atoms with van der Waals surface area (Å²) >= 11 is 0. The van der Waals surface area contributed by atoms with Crippen LogP contribution >= 0.6 is 0 Å². The molecule has 0 aromatic heterocycles. The molecule has 1 amide bonds. The Kier molecular flexibility index (Phi) is 44.5. The summed E-state index contributed by atoms with van der Waals surface area (Å²) in [6.07, 6.45) is 32.0. The molecule has 3 rings (SSSR count). The van der Waals surface area contributed by atoms with Gasteiger partial charge in [-0.1, -0.05) is 203 Å². The average Bonchev–Trinajstić information content (AvgIpc) is 2.24. The molecule has 0 spiro atoms. The van der Waals surface area contributed by atoms with Crippen LogP contribution in [-0.4, -0.2) is 193 Å². The molecule has 3 heterocycles. The smallest absolute Gasteiger partial charge is 0.220 e. The molecule has 3 aliphatic rings. The Morgan fingerprint density at radius 3 is 1.26 bits per heavy atom. The molecule has 17 unspecified atom stereocenters. The van der Waals surface area contributed by atoms with E-state index in [1.165, 1.54) is 109 Å². The van der Waals surface area contributed by atoms with Crippen molar-refractivity contribution in [2.75, 3.05) is 26.4 Å². The van der Waals surface area contributed by atoms with Gasteiger partial charge in [0, 0.05) is 6.42 Å². The second kappa shape index (κ2) is 49.2. The lowest BCUT2D eigenvalue weighted by Gasteiger charge is -2.48. The van der Waals surface area contributed by atoms with Gasteiger partial charge in [-0.15, -0.1) is 0 Å². The molecule has 3 saturated heterocycles. The number of aliphatic hydroxyl groups excluding tert-OH is 11. The van der Waals surface area contributed by atoms with Gasteiger partial charge in [-0.25, -0.2) is 0 Å². The first kappa shape index (κ1) is 77.7. The van der Waals surface area contributed by atoms with Crippen LogP contribution in [0, 0.1) is 0 Å². The zero-order chi connectivity index (χ0) is 62.6. The van der Waals surface area contributed by atoms with Crippen LogP contribution < -0.4 is 5.32 Å². The number of allylic oxidation sites excluding steroid dienone is 9. The number of carbonyl (C=O) groups excluding carboxylic acids is 1. The number of amides is 1. The zero-order valence-electron chi connectivity index (χ0n) is 52.5. The number of hydrogen-bond donors (Lipinski definition) is 12. The van der Waals surface area contributed by atoms with E-state index in [2.05, 4.69) is 67.8 Å². The van der Waals surface area contributed by atoms with Crippen molar-refractivity contribution in [1.82, 2.24) is 5.32 Å². The SMILES string of the molecule is CCCCC/C=C\C/C=C\CCCCCCCCCC(=O)NC(COC1OC(CO)C(OC2OC(CO)C(OC3OC(CO)C(O)C(O)C3O)C(O)C2O)C(O)C1O)C(O)/C=C/CC/C=C/CC/C=C/CCCCCCCCCCCCCCCC. The molecule has 3 fully saturated rings. The standard InChI is InChI=1S/C67H119NO18/c1-3-5-7-9-11-13-15-17-19-21-22-23-24-25-26-27-29-30-32-34-36-38-40-42-44-51(72)50(68-55(73)45-43-41-39-37-35-33-31-28-20-18-16-14-12-10-8-6-4-2)49-81-65-61(79)58(76)63(53(47-70)83-65)86-67-62(80)59(77)64(54(48-71)84-67)85-66-60(78)57(75)56(74)52(46-69)82-66/h12,14,18,20,27,29,34,36,42,44,50-54,56-67,69-72,74-80H,3-11,13,15-17,19,21-26,28,30-33,35,37-41,43,45-49H2,1-2H3,(H,68,73)/b14-12-,20-18-,29-27+,36-34+,44-42+. The minimum Gasteiger partial charge on any atom is -0.394 e. The van der Waals surface area contributed by atoms with E-state index in [9.17, 15) is 61.0 Å². The van der Waals surface area contributed by atoms with Gasteiger partial charge in [0.1, 0.15) is 73.2 Å². The Labute approximate surface area is 515 Å². The minimum absolute atomic E-state index is 0.221. The molecule has 12 N–H and O–H groups in total. The van der Waals surface area contributed by atoms with Gasteiger partial charge in [0.2, 0.25) is 5.91 Å². The Bertz CT molecular complexity index is 1800. The third-order valence-electron chi connectivity index (χ3n) is 16.5. The molecule has 0 saturated carbocycles. The van der Waals surface area contributed by atoms with Crippen molar-refractivity contribution >= 4 is 5.91 Å². The third-order valence-corrected chi connectivity index (χ3v) is 16.5. The number of carbonyl (C=O) groups is 1. The molecule has 19 nitrogen and oxygen atoms in total. The normalized spacial score (nSPS) is 29.2. The lowest BCUT2D eigenvalue weighted by Crippen LogP contribution is -2.66. The maximum absolute atomic E-state index is 13.4. The van der Waals surface area contributed by atoms with Crippen LogP contribution in [-0.2, 0) is 33.2 Å². The van der Waals surface area contributed by atoms with E-state index in [0.29, 0.717) is 12.8 Å². The summed E-state index contributed by atoms with van der Waals surface area (Å²) in [6, 6.07) is -1.00. The molecule has 500 valence electrons. The van der Waals surface area contributed by atoms with Gasteiger partial charge in [-0.3, -0.25) is 4.79 Å². The second-order valence-electron chi connectivity index (χ2n) is 23.9. The largest absolute Gasteiger partial charge is 0.394 e. The molecule has 0 aliphatic carbocycles. The molecular formula is C67H119NO18. The van der Waals surface area contributed by atoms with Crippen LogP contribution in [0.15, 0.2) is 60.8 Å². The van der Waals surface area contributed by atoms with Crippen molar-refractivity contribution in [3.8, 4) is 0 Å². The number of nitrogens with one attached hydrogen (secondary N) is 1. The summed E-state index contributed by atoms with van der Waals surface area (Å²) in [6.45, 7) is 1.67. The van der Waals surface area contributed by atoms with Gasteiger partial charge in [-0.05, 0) is 77.0 Å². The number of ether oxygens (including phenoxy) is 6. The van der Waals surface area contributed by atoms with Gasteiger partial charge in [-0.2, -0.15) is 0 Å². The van der Waals surface area contributed by atoms with Crippen molar-refractivity contribution in [2.45, 2.75) is 330 Å². The van der Waals surface area contributed by atoms with Crippen molar-refractivity contribution in [2.24, 2.45) is 0 Å². The monoisotopic (exact) mass is 1230 g/mol. The highest BCUT2D eigenvalue weighted by molar-refractivity contribution is 5.76. The predicted molar refractivity (Wildman–Crippen MR) is 332 cm³/mol. The summed E-state index contributed by atoms with van der Waals surface area (Å²) in [5.41, 5.74) is 0. The number of unbranched alkanes of at least 4 members (excludes halogenated alkanes) is 26. The summed E-state index contributed by atoms with van der Waals surface area (Å²) in [5, 5.41) is 120. The summed E-state index contributed by atoms with van der Waals surface area (Å²) in [7, 11) is 0. The van der Waals surface area contributed by atoms with E-state index in [0.717, 1.165) is 83.5 Å². The molecule has 19 heteroatoms. The van der Waals surface area contributed by atoms with Crippen LogP contribution in [0.5, 0.6) is 0 Å². The highest BCUT2D eigenvalue weighted by atomic mass is 16.8. The van der Waals surface area contributed by atoms with Gasteiger partial charge < -0.3 is 89.9 Å². The van der Waals surface area contributed by atoms with Crippen LogP contribution in [0.1, 0.15) is 226 Å². The van der Waals surface area contributed by atoms with Crippen LogP contribution in [0.2, 0.25) is 0 Å². The van der Waals surface area contributed by atoms with E-state index in [1.54, 1.807) is 6.08 Å². The first-order chi connectivity index (χ1) is 41.8. The van der Waals surface area contributed by atoms with E-state index < -0.39 is 124 Å². The molecule has 0 bridgehead atoms. The van der Waals surface area contributed by atoms with E-state index in [4.69, 9.17) is 28.4 Å². The molecule has 3 aliphatic heterocycles. The number of rotatable bonds is 50. The quantitative estimate of drug-likeness (QED) is 0.0203. The lowest BCUT2D eigenvalue weighted by molar-refractivity contribution is -0.379. The Morgan fingerprint density at radius 1 is 0.419 bits per heavy atom. The van der Waals surface area contributed by atoms with Gasteiger partial charge in [0.15, 0.2) is 18.9 Å². The van der Waals surface area contributed by atoms with Gasteiger partial charge >= 0.3 is 0 Å². The van der Waals surface area contributed by atoms with Crippen LogP contribution in [0.25, 0.3) is 0 Å². The molecular weight excluding hydrogens is 1110 g/mol. The van der Waals surface area contributed by atoms with Gasteiger partial charge in [0.25, 0.3) is 0 Å². The zero-order valence-corrected chi connectivity index (χ0v) is 52.5. The summed E-state index contributed by atoms with van der Waals surface area (Å²) in [5.74, 6) is -0.299. The van der Waals surface area contributed by atoms with E-state index >= 15 is 0 Å². The molecule has 0 radical (unpaired) electrons. The van der Waals surface area contributed by atoms with E-state index in [1.807, 2.05) is 6.08 Å². The molecule has 0 aromatic rings. The van der Waals surface area contributed by atoms with Crippen molar-refractivity contribution in [3.63, 3.8) is 0 Å². The maximum Gasteiger partial charge on any atom is 0.220 e. The summed E-state index contributed by atoms with van der Waals surface area (Å²) in [4.78, 5) is 13.4. The lowest BCUT2D eigenvalue weighted by atomic mass is 9.96. The second-order valence-corrected chi connectivity index (χ2v) is 23.9. The van der Waals surface area contributed by atoms with Crippen molar-refractivity contribution in [3.05, 3.63) is 60.8 Å². The minimum atomic E-state index is -1.98. The molecule has 0 aromatic carbocycles. The molecule has 17 atom stereocenters. The first-order valence-electron chi connectivity index (χ1n) is 33.5. The fraction of sp³-hybridized carbons (Fsp3) is 0.836. The maximum atomic E-state index is 13.4. The third kappa shape index (κ3) is 31.5. The average molecular weight is 1230 g/mol. The van der Waals surface area contributed by atoms with Gasteiger partial charge in [0.05, 0.1) is 38.6 Å². The fourth-order valence-corrected chi connectivity index (χ4v) is 11.0. The predicted octanol–water partition coefficient (Wildman–Crippen LogP) is 7.99. The van der Waals surface area contributed by atoms with Crippen molar-refractivity contribution in [1.29, 1.82) is 0 Å². The fourth-order valence-electron chi connectivity index (χ4n) is 11.0. The highest BCUT2D eigenvalue weighted by Gasteiger charge is 2.53. The van der Waals surface area contributed by atoms with E-state index in [-0.39, 0.29) is 18.9 Å². The Morgan fingerprint density at radius 2 is 0.779 bits per heavy atom. The molecule has 86 heavy (non-hydrogen) atoms. The first-order valence-corrected chi connectivity index (χ1v) is 33.5. The van der Waals surface area contributed by atoms with Crippen LogP contribution in [0.3, 0.4) is 0 Å². The number of aliphatic hydroxyl groups is 11. The highest BCUT2D eigenvalue weighted by Crippen LogP contribution is 2.33. The van der Waals surface area contributed by atoms with Crippen molar-refractivity contribution < 1.29 is 89.4 Å². The summed E-state index contributed by atoms with van der Waals surface area (Å²) < 4.78 is 34.3.